The van der Waals surface area contributed by atoms with Crippen LogP contribution < -0.4 is 5.32 Å². The van der Waals surface area contributed by atoms with Gasteiger partial charge >= 0.3 is 0 Å². The van der Waals surface area contributed by atoms with Crippen molar-refractivity contribution >= 4 is 40.6 Å². The van der Waals surface area contributed by atoms with Crippen molar-refractivity contribution in [2.24, 2.45) is 5.92 Å². The predicted octanol–water partition coefficient (Wildman–Crippen LogP) is 3.61. The quantitative estimate of drug-likeness (QED) is 0.485. The van der Waals surface area contributed by atoms with Gasteiger partial charge in [-0.05, 0) is 48.8 Å². The second-order valence-corrected chi connectivity index (χ2v) is 10.7. The molecule has 5 heterocycles. The monoisotopic (exact) mass is 553 g/mol. The Morgan fingerprint density at radius 1 is 1.24 bits per heavy atom. The molecule has 0 aromatic carbocycles. The number of pyridine rings is 1. The zero-order valence-electron chi connectivity index (χ0n) is 21.0. The van der Waals surface area contributed by atoms with Crippen LogP contribution in [0.3, 0.4) is 0 Å². The molecule has 0 saturated carbocycles. The Labute approximate surface area is 230 Å². The highest BCUT2D eigenvalue weighted by Crippen LogP contribution is 2.24. The predicted molar refractivity (Wildman–Crippen MR) is 144 cm³/mol. The number of halogens is 1. The third kappa shape index (κ3) is 6.25. The number of ether oxygens (including phenoxy) is 2. The first-order chi connectivity index (χ1) is 18.5. The molecule has 11 heteroatoms. The van der Waals surface area contributed by atoms with E-state index < -0.39 is 6.10 Å². The minimum atomic E-state index is -0.514. The van der Waals surface area contributed by atoms with E-state index in [1.807, 2.05) is 35.4 Å². The molecule has 0 radical (unpaired) electrons. The highest BCUT2D eigenvalue weighted by molar-refractivity contribution is 7.10. The highest BCUT2D eigenvalue weighted by Gasteiger charge is 2.31. The van der Waals surface area contributed by atoms with E-state index in [1.165, 1.54) is 6.20 Å². The molecule has 9 nitrogen and oxygen atoms in total. The van der Waals surface area contributed by atoms with Gasteiger partial charge in [-0.15, -0.1) is 11.3 Å². The zero-order chi connectivity index (χ0) is 26.5. The summed E-state index contributed by atoms with van der Waals surface area (Å²) in [6.45, 7) is 4.94. The molecular formula is C27H28ClN5O4S. The van der Waals surface area contributed by atoms with E-state index in [0.717, 1.165) is 28.8 Å². The van der Waals surface area contributed by atoms with Crippen LogP contribution in [0.25, 0.3) is 0 Å². The zero-order valence-corrected chi connectivity index (χ0v) is 22.6. The van der Waals surface area contributed by atoms with Gasteiger partial charge in [-0.3, -0.25) is 14.3 Å². The number of aromatic nitrogens is 3. The van der Waals surface area contributed by atoms with E-state index in [0.29, 0.717) is 51.0 Å². The van der Waals surface area contributed by atoms with Crippen LogP contribution in [0.4, 0.5) is 5.82 Å². The number of amides is 2. The molecule has 1 atom stereocenters. The summed E-state index contributed by atoms with van der Waals surface area (Å²) >= 11 is 7.95. The highest BCUT2D eigenvalue weighted by atomic mass is 35.5. The van der Waals surface area contributed by atoms with Crippen LogP contribution in [-0.2, 0) is 20.8 Å². The molecule has 3 aromatic heterocycles. The molecule has 5 rings (SSSR count). The molecular weight excluding hydrogens is 526 g/mol. The number of carbonyl (C=O) groups excluding carboxylic acids is 2. The third-order valence-corrected chi connectivity index (χ3v) is 7.68. The van der Waals surface area contributed by atoms with Crippen molar-refractivity contribution in [3.8, 4) is 11.8 Å². The average Bonchev–Trinajstić information content (AvgIpc) is 3.59. The number of likely N-dealkylation sites (tertiary alicyclic amines) is 1. The standard InChI is InChI=1S/C27H28ClN5O4S/c1-18-13-20(4-5-21-3-2-12-38-21)14-29-25(18)31-26(34)24-22(28)15-30-33(24)16-19-6-8-32(9-7-19)27(35)23-17-36-10-11-37-23/h2-3,12-15,19,23H,6-11,16-17H2,1H3,(H,29,31,34). The Balaban J connectivity index is 1.19. The summed E-state index contributed by atoms with van der Waals surface area (Å²) in [6.07, 6.45) is 4.21. The van der Waals surface area contributed by atoms with Crippen LogP contribution in [0.15, 0.2) is 36.0 Å². The maximum Gasteiger partial charge on any atom is 0.276 e. The van der Waals surface area contributed by atoms with Gasteiger partial charge in [0.05, 0.1) is 35.9 Å². The normalized spacial score (nSPS) is 18.1. The van der Waals surface area contributed by atoms with Gasteiger partial charge in [0.25, 0.3) is 11.8 Å². The maximum absolute atomic E-state index is 13.2. The maximum atomic E-state index is 13.2. The number of anilines is 1. The van der Waals surface area contributed by atoms with Crippen LogP contribution in [-0.4, -0.2) is 70.5 Å². The molecule has 2 aliphatic rings. The van der Waals surface area contributed by atoms with Crippen molar-refractivity contribution in [1.29, 1.82) is 0 Å². The molecule has 3 aromatic rings. The van der Waals surface area contributed by atoms with Gasteiger partial charge in [0.1, 0.15) is 11.5 Å². The number of nitrogens with zero attached hydrogens (tertiary/aromatic N) is 4. The lowest BCUT2D eigenvalue weighted by atomic mass is 9.96. The van der Waals surface area contributed by atoms with Crippen molar-refractivity contribution in [2.45, 2.75) is 32.4 Å². The third-order valence-electron chi connectivity index (χ3n) is 6.62. The summed E-state index contributed by atoms with van der Waals surface area (Å²) in [7, 11) is 0. The molecule has 38 heavy (non-hydrogen) atoms. The number of hydrogen-bond donors (Lipinski definition) is 1. The Bertz CT molecular complexity index is 1350. The summed E-state index contributed by atoms with van der Waals surface area (Å²) in [5.74, 6) is 6.52. The fraction of sp³-hybridized carbons (Fsp3) is 0.407. The first-order valence-electron chi connectivity index (χ1n) is 12.5. The van der Waals surface area contributed by atoms with Gasteiger partial charge in [-0.25, -0.2) is 4.98 Å². The van der Waals surface area contributed by atoms with E-state index in [2.05, 4.69) is 27.2 Å². The summed E-state index contributed by atoms with van der Waals surface area (Å²) in [5, 5.41) is 9.48. The average molecular weight is 554 g/mol. The lowest BCUT2D eigenvalue weighted by Gasteiger charge is -2.35. The van der Waals surface area contributed by atoms with Gasteiger partial charge < -0.3 is 19.7 Å². The van der Waals surface area contributed by atoms with Crippen molar-refractivity contribution in [3.05, 3.63) is 62.7 Å². The van der Waals surface area contributed by atoms with E-state index in [4.69, 9.17) is 21.1 Å². The summed E-state index contributed by atoms with van der Waals surface area (Å²) in [4.78, 5) is 33.1. The Morgan fingerprint density at radius 3 is 2.79 bits per heavy atom. The molecule has 2 saturated heterocycles. The minimum absolute atomic E-state index is 0.0169. The van der Waals surface area contributed by atoms with Gasteiger partial charge in [-0.2, -0.15) is 5.10 Å². The number of piperidine rings is 1. The lowest BCUT2D eigenvalue weighted by Crippen LogP contribution is -2.48. The summed E-state index contributed by atoms with van der Waals surface area (Å²) in [5.41, 5.74) is 1.85. The number of aryl methyl sites for hydroxylation is 1. The number of thiophene rings is 1. The van der Waals surface area contributed by atoms with E-state index >= 15 is 0 Å². The van der Waals surface area contributed by atoms with Crippen molar-refractivity contribution in [2.75, 3.05) is 38.2 Å². The second-order valence-electron chi connectivity index (χ2n) is 9.30. The summed E-state index contributed by atoms with van der Waals surface area (Å²) < 4.78 is 12.6. The van der Waals surface area contributed by atoms with Crippen LogP contribution >= 0.6 is 22.9 Å². The van der Waals surface area contributed by atoms with E-state index in [1.54, 1.807) is 22.2 Å². The molecule has 1 unspecified atom stereocenters. The molecule has 2 aliphatic heterocycles. The van der Waals surface area contributed by atoms with Crippen LogP contribution in [0, 0.1) is 24.7 Å². The van der Waals surface area contributed by atoms with Crippen LogP contribution in [0.5, 0.6) is 0 Å². The molecule has 0 spiro atoms. The van der Waals surface area contributed by atoms with Crippen LogP contribution in [0.2, 0.25) is 5.02 Å². The van der Waals surface area contributed by atoms with Gasteiger partial charge in [0.2, 0.25) is 0 Å². The lowest BCUT2D eigenvalue weighted by molar-refractivity contribution is -0.159. The molecule has 1 N–H and O–H groups in total. The minimum Gasteiger partial charge on any atom is -0.376 e. The Morgan fingerprint density at radius 2 is 2.08 bits per heavy atom. The molecule has 0 bridgehead atoms. The largest absolute Gasteiger partial charge is 0.376 e. The number of carbonyl (C=O) groups is 2. The Kier molecular flexibility index (Phi) is 8.39. The van der Waals surface area contributed by atoms with Gasteiger partial charge in [0, 0.05) is 31.4 Å². The molecule has 2 amide bonds. The number of hydrogen-bond acceptors (Lipinski definition) is 7. The smallest absolute Gasteiger partial charge is 0.276 e. The number of nitrogens with one attached hydrogen (secondary N) is 1. The van der Waals surface area contributed by atoms with E-state index in [-0.39, 0.29) is 22.8 Å². The van der Waals surface area contributed by atoms with E-state index in [9.17, 15) is 9.59 Å². The SMILES string of the molecule is Cc1cc(C#Cc2cccs2)cnc1NC(=O)c1c(Cl)cnn1CC1CCN(C(=O)C2COCCO2)CC1. The van der Waals surface area contributed by atoms with Crippen molar-refractivity contribution in [3.63, 3.8) is 0 Å². The fourth-order valence-corrected chi connectivity index (χ4v) is 5.36. The molecule has 198 valence electrons. The van der Waals surface area contributed by atoms with Crippen LogP contribution in [0.1, 0.15) is 39.3 Å². The van der Waals surface area contributed by atoms with Gasteiger partial charge in [0.15, 0.2) is 6.10 Å². The molecule has 0 aliphatic carbocycles. The topological polar surface area (TPSA) is 98.6 Å². The van der Waals surface area contributed by atoms with Gasteiger partial charge in [-0.1, -0.05) is 29.5 Å². The first kappa shape index (κ1) is 26.4. The Hall–Kier alpha value is -3.23. The number of rotatable bonds is 5. The summed E-state index contributed by atoms with van der Waals surface area (Å²) in [6, 6.07) is 5.81. The van der Waals surface area contributed by atoms with Crippen molar-refractivity contribution in [1.82, 2.24) is 19.7 Å². The first-order valence-corrected chi connectivity index (χ1v) is 13.8. The van der Waals surface area contributed by atoms with Crippen molar-refractivity contribution < 1.29 is 19.1 Å². The molecule has 2 fully saturated rings. The fourth-order valence-electron chi connectivity index (χ4n) is 4.57. The second kappa shape index (κ2) is 12.1.